The highest BCUT2D eigenvalue weighted by molar-refractivity contribution is 5.89. The standard InChI is InChI=1S/C24H20FN3O3/c1-2-30-24(29)18-10-14-20(15-11-18)26-21(16-8-12-19(25)13-9-16)23-28-27-22(31-23)17-6-4-3-5-7-17/h3-15,21,26H,2H2,1H3. The van der Waals surface area contributed by atoms with Crippen LogP contribution in [0.1, 0.15) is 34.8 Å². The summed E-state index contributed by atoms with van der Waals surface area (Å²) in [6, 6.07) is 21.9. The van der Waals surface area contributed by atoms with Gasteiger partial charge in [0.1, 0.15) is 11.9 Å². The fourth-order valence-electron chi connectivity index (χ4n) is 3.08. The number of benzene rings is 3. The number of esters is 1. The molecule has 1 aromatic heterocycles. The number of ether oxygens (including phenoxy) is 1. The first-order chi connectivity index (χ1) is 15.1. The molecule has 0 spiro atoms. The van der Waals surface area contributed by atoms with Crippen LogP contribution < -0.4 is 5.32 Å². The maximum Gasteiger partial charge on any atom is 0.338 e. The van der Waals surface area contributed by atoms with E-state index < -0.39 is 6.04 Å². The Labute approximate surface area is 178 Å². The Morgan fingerprint density at radius 2 is 1.71 bits per heavy atom. The molecule has 0 aliphatic rings. The van der Waals surface area contributed by atoms with E-state index in [9.17, 15) is 9.18 Å². The number of nitrogens with zero attached hydrogens (tertiary/aromatic N) is 2. The molecule has 0 aliphatic carbocycles. The van der Waals surface area contributed by atoms with E-state index in [-0.39, 0.29) is 11.8 Å². The van der Waals surface area contributed by atoms with Crippen LogP contribution in [-0.4, -0.2) is 22.8 Å². The monoisotopic (exact) mass is 417 g/mol. The van der Waals surface area contributed by atoms with Crippen LogP contribution >= 0.6 is 0 Å². The van der Waals surface area contributed by atoms with Crippen LogP contribution in [0.15, 0.2) is 83.3 Å². The van der Waals surface area contributed by atoms with Gasteiger partial charge in [0.25, 0.3) is 0 Å². The Morgan fingerprint density at radius 1 is 1.00 bits per heavy atom. The predicted molar refractivity (Wildman–Crippen MR) is 114 cm³/mol. The van der Waals surface area contributed by atoms with Crippen molar-refractivity contribution in [2.24, 2.45) is 0 Å². The van der Waals surface area contributed by atoms with E-state index in [0.29, 0.717) is 24.0 Å². The lowest BCUT2D eigenvalue weighted by Gasteiger charge is -2.17. The molecule has 0 amide bonds. The lowest BCUT2D eigenvalue weighted by molar-refractivity contribution is 0.0526. The van der Waals surface area contributed by atoms with E-state index in [2.05, 4.69) is 15.5 Å². The molecule has 1 N–H and O–H groups in total. The highest BCUT2D eigenvalue weighted by atomic mass is 19.1. The molecule has 3 aromatic carbocycles. The molecule has 0 fully saturated rings. The molecule has 0 saturated carbocycles. The van der Waals surface area contributed by atoms with E-state index in [4.69, 9.17) is 9.15 Å². The summed E-state index contributed by atoms with van der Waals surface area (Å²) >= 11 is 0. The van der Waals surface area contributed by atoms with Crippen molar-refractivity contribution in [1.82, 2.24) is 10.2 Å². The van der Waals surface area contributed by atoms with Gasteiger partial charge in [0.15, 0.2) is 0 Å². The third kappa shape index (κ3) is 4.78. The minimum atomic E-state index is -0.515. The van der Waals surface area contributed by atoms with Crippen LogP contribution in [0.25, 0.3) is 11.5 Å². The van der Waals surface area contributed by atoms with Crippen molar-refractivity contribution in [2.75, 3.05) is 11.9 Å². The summed E-state index contributed by atoms with van der Waals surface area (Å²) in [5, 5.41) is 11.7. The van der Waals surface area contributed by atoms with E-state index >= 15 is 0 Å². The van der Waals surface area contributed by atoms with Crippen LogP contribution in [0.5, 0.6) is 0 Å². The van der Waals surface area contributed by atoms with Gasteiger partial charge in [-0.1, -0.05) is 30.3 Å². The maximum absolute atomic E-state index is 13.5. The van der Waals surface area contributed by atoms with Crippen LogP contribution in [0, 0.1) is 5.82 Å². The van der Waals surface area contributed by atoms with Gasteiger partial charge >= 0.3 is 5.97 Å². The zero-order chi connectivity index (χ0) is 21.6. The second-order valence-corrected chi connectivity index (χ2v) is 6.74. The minimum Gasteiger partial charge on any atom is -0.462 e. The molecule has 0 bridgehead atoms. The van der Waals surface area contributed by atoms with E-state index in [1.54, 1.807) is 43.3 Å². The average Bonchev–Trinajstić information content (AvgIpc) is 3.29. The van der Waals surface area contributed by atoms with Crippen molar-refractivity contribution < 1.29 is 18.3 Å². The van der Waals surface area contributed by atoms with Crippen LogP contribution in [0.4, 0.5) is 10.1 Å². The zero-order valence-electron chi connectivity index (χ0n) is 16.8. The molecular weight excluding hydrogens is 397 g/mol. The largest absolute Gasteiger partial charge is 0.462 e. The van der Waals surface area contributed by atoms with Crippen LogP contribution in [0.3, 0.4) is 0 Å². The maximum atomic E-state index is 13.5. The molecule has 0 radical (unpaired) electrons. The van der Waals surface area contributed by atoms with Crippen molar-refractivity contribution in [1.29, 1.82) is 0 Å². The first kappa shape index (κ1) is 20.3. The Hall–Kier alpha value is -4.00. The van der Waals surface area contributed by atoms with Gasteiger partial charge in [-0.3, -0.25) is 0 Å². The number of nitrogens with one attached hydrogen (secondary N) is 1. The van der Waals surface area contributed by atoms with E-state index in [1.165, 1.54) is 12.1 Å². The van der Waals surface area contributed by atoms with Gasteiger partial charge in [-0.05, 0) is 61.0 Å². The Balaban J connectivity index is 1.63. The van der Waals surface area contributed by atoms with Crippen LogP contribution in [-0.2, 0) is 4.74 Å². The summed E-state index contributed by atoms with van der Waals surface area (Å²) in [6.07, 6.45) is 0. The number of aromatic nitrogens is 2. The Morgan fingerprint density at radius 3 is 2.39 bits per heavy atom. The van der Waals surface area contributed by atoms with Crippen LogP contribution in [0.2, 0.25) is 0 Å². The summed E-state index contributed by atoms with van der Waals surface area (Å²) < 4.78 is 24.4. The highest BCUT2D eigenvalue weighted by Gasteiger charge is 2.22. The molecule has 6 nitrogen and oxygen atoms in total. The number of anilines is 1. The second-order valence-electron chi connectivity index (χ2n) is 6.74. The summed E-state index contributed by atoms with van der Waals surface area (Å²) in [5.74, 6) is 0.00688. The summed E-state index contributed by atoms with van der Waals surface area (Å²) in [4.78, 5) is 11.9. The SMILES string of the molecule is CCOC(=O)c1ccc(NC(c2ccc(F)cc2)c2nnc(-c3ccccc3)o2)cc1. The molecule has 31 heavy (non-hydrogen) atoms. The van der Waals surface area contributed by atoms with Gasteiger partial charge in [-0.15, -0.1) is 10.2 Å². The summed E-state index contributed by atoms with van der Waals surface area (Å²) in [7, 11) is 0. The van der Waals surface area contributed by atoms with E-state index in [1.807, 2.05) is 30.3 Å². The summed E-state index contributed by atoms with van der Waals surface area (Å²) in [6.45, 7) is 2.07. The molecular formula is C24H20FN3O3. The lowest BCUT2D eigenvalue weighted by Crippen LogP contribution is -2.13. The van der Waals surface area contributed by atoms with Gasteiger partial charge in [0.2, 0.25) is 11.8 Å². The third-order valence-corrected chi connectivity index (χ3v) is 4.62. The zero-order valence-corrected chi connectivity index (χ0v) is 16.8. The number of hydrogen-bond acceptors (Lipinski definition) is 6. The quantitative estimate of drug-likeness (QED) is 0.414. The van der Waals surface area contributed by atoms with E-state index in [0.717, 1.165) is 16.8 Å². The number of rotatable bonds is 7. The van der Waals surface area contributed by atoms with Crippen molar-refractivity contribution in [2.45, 2.75) is 13.0 Å². The van der Waals surface area contributed by atoms with Gasteiger partial charge in [-0.2, -0.15) is 0 Å². The Bertz CT molecular complexity index is 1140. The van der Waals surface area contributed by atoms with Gasteiger partial charge in [0, 0.05) is 11.3 Å². The minimum absolute atomic E-state index is 0.312. The number of hydrogen-bond donors (Lipinski definition) is 1. The molecule has 7 heteroatoms. The lowest BCUT2D eigenvalue weighted by atomic mass is 10.1. The van der Waals surface area contributed by atoms with Crippen molar-refractivity contribution >= 4 is 11.7 Å². The first-order valence-corrected chi connectivity index (χ1v) is 9.82. The molecule has 0 aliphatic heterocycles. The number of halogens is 1. The average molecular weight is 417 g/mol. The first-order valence-electron chi connectivity index (χ1n) is 9.82. The molecule has 4 rings (SSSR count). The number of carbonyl (C=O) groups is 1. The predicted octanol–water partition coefficient (Wildman–Crippen LogP) is 5.25. The van der Waals surface area contributed by atoms with Gasteiger partial charge in [0.05, 0.1) is 12.2 Å². The van der Waals surface area contributed by atoms with Gasteiger partial charge < -0.3 is 14.5 Å². The van der Waals surface area contributed by atoms with Crippen molar-refractivity contribution in [3.8, 4) is 11.5 Å². The van der Waals surface area contributed by atoms with Crippen molar-refractivity contribution in [3.63, 3.8) is 0 Å². The molecule has 1 unspecified atom stereocenters. The Kier molecular flexibility index (Phi) is 6.03. The normalized spacial score (nSPS) is 11.7. The molecule has 0 saturated heterocycles. The fourth-order valence-corrected chi connectivity index (χ4v) is 3.08. The molecule has 4 aromatic rings. The summed E-state index contributed by atoms with van der Waals surface area (Å²) in [5.41, 5.74) is 2.73. The smallest absolute Gasteiger partial charge is 0.338 e. The van der Waals surface area contributed by atoms with Crippen molar-refractivity contribution in [3.05, 3.63) is 102 Å². The molecule has 1 atom stereocenters. The second kappa shape index (κ2) is 9.21. The fraction of sp³-hybridized carbons (Fsp3) is 0.125. The van der Waals surface area contributed by atoms with Gasteiger partial charge in [-0.25, -0.2) is 9.18 Å². The topological polar surface area (TPSA) is 77.2 Å². The number of carbonyl (C=O) groups excluding carboxylic acids is 1. The molecule has 1 heterocycles. The molecule has 156 valence electrons. The highest BCUT2D eigenvalue weighted by Crippen LogP contribution is 2.28. The third-order valence-electron chi connectivity index (χ3n) is 4.62.